The van der Waals surface area contributed by atoms with Crippen LogP contribution in [0.3, 0.4) is 0 Å². The Bertz CT molecular complexity index is 1190. The van der Waals surface area contributed by atoms with Crippen LogP contribution in [0.5, 0.6) is 0 Å². The number of nitrogens with zero attached hydrogens (tertiary/aromatic N) is 3. The number of nitrogens with one attached hydrogen (secondary N) is 1. The van der Waals surface area contributed by atoms with E-state index in [1.807, 2.05) is 13.0 Å². The van der Waals surface area contributed by atoms with E-state index in [1.165, 1.54) is 12.0 Å². The molecule has 1 atom stereocenters. The Morgan fingerprint density at radius 1 is 1.17 bits per heavy atom. The van der Waals surface area contributed by atoms with E-state index in [0.29, 0.717) is 45.7 Å². The number of halogens is 2. The zero-order valence-electron chi connectivity index (χ0n) is 19.8. The molecule has 0 aliphatic heterocycles. The number of aromatic nitrogens is 2. The molecule has 1 heterocycles. The van der Waals surface area contributed by atoms with Gasteiger partial charge in [-0.25, -0.2) is 9.78 Å². The SMILES string of the molecule is CCOC(COC)CN(C(=O)NC=O)c1nc(-c2ccccc2Cl)n(-c2ccc(Cl)cc2)c1CC=O. The number of hydrogen-bond donors (Lipinski definition) is 1. The van der Waals surface area contributed by atoms with Gasteiger partial charge in [-0.15, -0.1) is 0 Å². The van der Waals surface area contributed by atoms with E-state index in [0.717, 1.165) is 0 Å². The van der Waals surface area contributed by atoms with Crippen LogP contribution in [-0.4, -0.2) is 61.3 Å². The van der Waals surface area contributed by atoms with Gasteiger partial charge in [0.2, 0.25) is 6.41 Å². The minimum Gasteiger partial charge on any atom is -0.382 e. The smallest absolute Gasteiger partial charge is 0.329 e. The van der Waals surface area contributed by atoms with Gasteiger partial charge in [0.05, 0.1) is 30.0 Å². The molecule has 0 saturated heterocycles. The number of rotatable bonds is 12. The van der Waals surface area contributed by atoms with Gasteiger partial charge in [-0.3, -0.25) is 19.6 Å². The topological polar surface area (TPSA) is 103 Å². The average molecular weight is 533 g/mol. The van der Waals surface area contributed by atoms with E-state index in [-0.39, 0.29) is 31.8 Å². The summed E-state index contributed by atoms with van der Waals surface area (Å²) in [5.41, 5.74) is 1.65. The molecule has 0 radical (unpaired) electrons. The van der Waals surface area contributed by atoms with Crippen molar-refractivity contribution in [3.05, 3.63) is 64.3 Å². The second-order valence-electron chi connectivity index (χ2n) is 7.58. The van der Waals surface area contributed by atoms with Gasteiger partial charge in [0.15, 0.2) is 5.82 Å². The largest absolute Gasteiger partial charge is 0.382 e. The van der Waals surface area contributed by atoms with Gasteiger partial charge < -0.3 is 14.3 Å². The second kappa shape index (κ2) is 13.2. The maximum Gasteiger partial charge on any atom is 0.329 e. The summed E-state index contributed by atoms with van der Waals surface area (Å²) in [6.45, 7) is 2.40. The highest BCUT2D eigenvalue weighted by molar-refractivity contribution is 6.33. The van der Waals surface area contributed by atoms with Crippen LogP contribution in [0.4, 0.5) is 10.6 Å². The Morgan fingerprint density at radius 2 is 1.89 bits per heavy atom. The summed E-state index contributed by atoms with van der Waals surface area (Å²) in [4.78, 5) is 42.1. The molecular weight excluding hydrogens is 507 g/mol. The number of carbonyl (C=O) groups is 3. The fourth-order valence-corrected chi connectivity index (χ4v) is 4.13. The number of imidazole rings is 1. The van der Waals surface area contributed by atoms with E-state index in [1.54, 1.807) is 47.0 Å². The number of carbonyl (C=O) groups excluding carboxylic acids is 3. The first-order valence-electron chi connectivity index (χ1n) is 11.1. The summed E-state index contributed by atoms with van der Waals surface area (Å²) < 4.78 is 12.7. The molecule has 190 valence electrons. The molecule has 0 aliphatic rings. The molecule has 0 bridgehead atoms. The Balaban J connectivity index is 2.30. The second-order valence-corrected chi connectivity index (χ2v) is 8.42. The zero-order valence-corrected chi connectivity index (χ0v) is 21.3. The lowest BCUT2D eigenvalue weighted by atomic mass is 10.2. The average Bonchev–Trinajstić information content (AvgIpc) is 3.22. The van der Waals surface area contributed by atoms with Crippen LogP contribution in [0.2, 0.25) is 10.0 Å². The molecule has 9 nitrogen and oxygen atoms in total. The number of ether oxygens (including phenoxy) is 2. The summed E-state index contributed by atoms with van der Waals surface area (Å²) in [6, 6.07) is 13.3. The molecule has 3 amide bonds. The van der Waals surface area contributed by atoms with E-state index >= 15 is 0 Å². The van der Waals surface area contributed by atoms with Crippen molar-refractivity contribution in [3.8, 4) is 17.1 Å². The summed E-state index contributed by atoms with van der Waals surface area (Å²) in [7, 11) is 1.52. The molecule has 1 aromatic heterocycles. The van der Waals surface area contributed by atoms with Crippen molar-refractivity contribution in [2.24, 2.45) is 0 Å². The van der Waals surface area contributed by atoms with Gasteiger partial charge in [0.25, 0.3) is 0 Å². The Kier molecular flexibility index (Phi) is 10.0. The third-order valence-electron chi connectivity index (χ3n) is 5.25. The van der Waals surface area contributed by atoms with Crippen LogP contribution in [0, 0.1) is 0 Å². The standard InChI is InChI=1S/C25H26Cl2N4O5/c1-3-36-19(15-35-2)14-30(25(34)28-16-33)24-22(12-13-32)31(18-10-8-17(26)9-11-18)23(29-24)20-6-4-5-7-21(20)27/h4-11,13,16,19H,3,12,14-15H2,1-2H3,(H,28,33,34). The van der Waals surface area contributed by atoms with Crippen molar-refractivity contribution in [3.63, 3.8) is 0 Å². The van der Waals surface area contributed by atoms with Crippen LogP contribution in [-0.2, 0) is 25.5 Å². The van der Waals surface area contributed by atoms with Gasteiger partial charge in [0, 0.05) is 36.4 Å². The van der Waals surface area contributed by atoms with Gasteiger partial charge in [-0.1, -0.05) is 35.3 Å². The van der Waals surface area contributed by atoms with Gasteiger partial charge in [0.1, 0.15) is 12.1 Å². The maximum absolute atomic E-state index is 13.1. The number of amides is 3. The maximum atomic E-state index is 13.1. The fourth-order valence-electron chi connectivity index (χ4n) is 3.78. The van der Waals surface area contributed by atoms with Crippen LogP contribution in [0.1, 0.15) is 12.6 Å². The highest BCUT2D eigenvalue weighted by atomic mass is 35.5. The molecule has 0 aliphatic carbocycles. The highest BCUT2D eigenvalue weighted by Gasteiger charge is 2.30. The predicted octanol–water partition coefficient (Wildman–Crippen LogP) is 4.31. The Morgan fingerprint density at radius 3 is 2.50 bits per heavy atom. The monoisotopic (exact) mass is 532 g/mol. The fraction of sp³-hybridized carbons (Fsp3) is 0.280. The molecule has 1 N–H and O–H groups in total. The number of benzene rings is 2. The number of urea groups is 1. The molecular formula is C25H26Cl2N4O5. The zero-order chi connectivity index (χ0) is 26.1. The Labute approximate surface area is 218 Å². The van der Waals surface area contributed by atoms with E-state index in [9.17, 15) is 14.4 Å². The molecule has 0 fully saturated rings. The predicted molar refractivity (Wildman–Crippen MR) is 138 cm³/mol. The van der Waals surface area contributed by atoms with Crippen molar-refractivity contribution in [2.75, 3.05) is 31.8 Å². The normalized spacial score (nSPS) is 11.7. The van der Waals surface area contributed by atoms with Crippen molar-refractivity contribution < 1.29 is 23.9 Å². The molecule has 36 heavy (non-hydrogen) atoms. The summed E-state index contributed by atoms with van der Waals surface area (Å²) in [5, 5.41) is 3.12. The molecule has 0 saturated carbocycles. The molecule has 1 unspecified atom stereocenters. The van der Waals surface area contributed by atoms with E-state index in [4.69, 9.17) is 37.7 Å². The van der Waals surface area contributed by atoms with Gasteiger partial charge in [-0.05, 0) is 43.3 Å². The first-order chi connectivity index (χ1) is 17.4. The molecule has 2 aromatic carbocycles. The van der Waals surface area contributed by atoms with Crippen LogP contribution >= 0.6 is 23.2 Å². The number of imide groups is 1. The van der Waals surface area contributed by atoms with E-state index < -0.39 is 12.1 Å². The van der Waals surface area contributed by atoms with E-state index in [2.05, 4.69) is 5.32 Å². The molecule has 3 aromatic rings. The first-order valence-corrected chi connectivity index (χ1v) is 11.9. The highest BCUT2D eigenvalue weighted by Crippen LogP contribution is 2.35. The third kappa shape index (κ3) is 6.30. The first kappa shape index (κ1) is 27.3. The minimum atomic E-state index is -0.732. The van der Waals surface area contributed by atoms with Crippen molar-refractivity contribution in [1.82, 2.24) is 14.9 Å². The quantitative estimate of drug-likeness (QED) is 0.348. The van der Waals surface area contributed by atoms with Gasteiger partial charge >= 0.3 is 6.03 Å². The number of aldehydes is 1. The number of hydrogen-bond acceptors (Lipinski definition) is 6. The third-order valence-corrected chi connectivity index (χ3v) is 5.83. The Hall–Kier alpha value is -3.24. The van der Waals surface area contributed by atoms with Crippen molar-refractivity contribution in [1.29, 1.82) is 0 Å². The summed E-state index contributed by atoms with van der Waals surface area (Å²) in [6.07, 6.45) is 0.398. The lowest BCUT2D eigenvalue weighted by Gasteiger charge is -2.26. The van der Waals surface area contributed by atoms with Crippen LogP contribution in [0.25, 0.3) is 17.1 Å². The lowest BCUT2D eigenvalue weighted by molar-refractivity contribution is -0.109. The number of anilines is 1. The van der Waals surface area contributed by atoms with Crippen LogP contribution in [0.15, 0.2) is 48.5 Å². The summed E-state index contributed by atoms with van der Waals surface area (Å²) >= 11 is 12.6. The molecule has 11 heteroatoms. The minimum absolute atomic E-state index is 0.00675. The van der Waals surface area contributed by atoms with Crippen molar-refractivity contribution in [2.45, 2.75) is 19.4 Å². The number of methoxy groups -OCH3 is 1. The van der Waals surface area contributed by atoms with Crippen molar-refractivity contribution >= 4 is 47.7 Å². The van der Waals surface area contributed by atoms with Gasteiger partial charge in [-0.2, -0.15) is 0 Å². The molecule has 3 rings (SSSR count). The summed E-state index contributed by atoms with van der Waals surface area (Å²) in [5.74, 6) is 0.575. The van der Waals surface area contributed by atoms with Crippen LogP contribution < -0.4 is 10.2 Å². The lowest BCUT2D eigenvalue weighted by Crippen LogP contribution is -2.46. The molecule has 0 spiro atoms.